The molecule has 4 heterocycles. The average Bonchev–Trinajstić information content (AvgIpc) is 3.90. The summed E-state index contributed by atoms with van der Waals surface area (Å²) in [6.45, 7) is 8.60. The minimum Gasteiger partial charge on any atom is -0.143 e. The summed E-state index contributed by atoms with van der Waals surface area (Å²) in [4.78, 5) is 8.53. The van der Waals surface area contributed by atoms with Crippen LogP contribution in [0, 0.1) is 0 Å². The van der Waals surface area contributed by atoms with Crippen LogP contribution in [-0.4, -0.2) is 0 Å². The van der Waals surface area contributed by atoms with Crippen molar-refractivity contribution in [3.63, 3.8) is 0 Å². The van der Waals surface area contributed by atoms with Gasteiger partial charge in [0.25, 0.3) is 0 Å². The van der Waals surface area contributed by atoms with E-state index in [1.165, 1.54) is 182 Å². The minimum atomic E-state index is 1.24. The second-order valence-electron chi connectivity index (χ2n) is 12.8. The third-order valence-electron chi connectivity index (χ3n) is 8.89. The molecule has 256 valence electrons. The first-order valence-electron chi connectivity index (χ1n) is 19.1. The van der Waals surface area contributed by atoms with Crippen molar-refractivity contribution in [2.75, 3.05) is 0 Å². The second kappa shape index (κ2) is 24.9. The molecule has 4 aromatic rings. The first kappa shape index (κ1) is 39.2. The monoisotopic (exact) mass is 696 g/mol. The van der Waals surface area contributed by atoms with Crippen molar-refractivity contribution in [2.45, 2.75) is 169 Å². The van der Waals surface area contributed by atoms with E-state index < -0.39 is 0 Å². The zero-order chi connectivity index (χ0) is 32.7. The Bertz CT molecular complexity index is 1170. The van der Waals surface area contributed by atoms with Gasteiger partial charge in [0.1, 0.15) is 0 Å². The lowest BCUT2D eigenvalue weighted by atomic mass is 10.0. The molecule has 0 fully saturated rings. The van der Waals surface area contributed by atoms with Crippen molar-refractivity contribution in [3.8, 4) is 29.3 Å². The molecule has 0 saturated heterocycles. The molecule has 0 saturated carbocycles. The molecule has 0 amide bonds. The van der Waals surface area contributed by atoms with Crippen molar-refractivity contribution < 1.29 is 0 Å². The molecule has 0 bridgehead atoms. The first-order chi connectivity index (χ1) is 22.8. The van der Waals surface area contributed by atoms with Crippen LogP contribution in [0.4, 0.5) is 0 Å². The summed E-state index contributed by atoms with van der Waals surface area (Å²) >= 11 is 7.77. The number of unbranched alkanes of at least 4 members (excludes halogenated alkanes) is 18. The third-order valence-corrected chi connectivity index (χ3v) is 13.6. The molecule has 0 aliphatic heterocycles. The van der Waals surface area contributed by atoms with Crippen LogP contribution in [0.1, 0.15) is 167 Å². The fourth-order valence-corrected chi connectivity index (χ4v) is 10.3. The molecule has 0 aliphatic carbocycles. The fourth-order valence-electron chi connectivity index (χ4n) is 6.11. The van der Waals surface area contributed by atoms with Gasteiger partial charge in [0.2, 0.25) is 0 Å². The topological polar surface area (TPSA) is 0 Å². The maximum Gasteiger partial charge on any atom is 0.0449 e. The standard InChI is InChI=1S/C40H58S4.C2H6/c1-3-5-7-9-11-13-15-17-19-21-23-33-29-39(41-31-33)37-27-25-35(43-37)36-26-28-38(44-36)40-30-34(32-42-40)24-22-20-18-16-14-12-10-8-6-4-2;1-2/h25-32H,3-24H2,1-2H3;1-2H3. The number of hydrogen-bond acceptors (Lipinski definition) is 4. The molecule has 4 aromatic heterocycles. The lowest BCUT2D eigenvalue weighted by Gasteiger charge is -2.02. The van der Waals surface area contributed by atoms with Gasteiger partial charge in [0.05, 0.1) is 0 Å². The highest BCUT2D eigenvalue weighted by atomic mass is 32.1. The molecule has 0 nitrogen and oxygen atoms in total. The smallest absolute Gasteiger partial charge is 0.0449 e. The lowest BCUT2D eigenvalue weighted by molar-refractivity contribution is 0.556. The molecule has 4 rings (SSSR count). The van der Waals surface area contributed by atoms with Crippen LogP contribution < -0.4 is 0 Å². The molecule has 0 spiro atoms. The van der Waals surface area contributed by atoms with Crippen LogP contribution in [0.15, 0.2) is 47.2 Å². The number of thiophene rings is 4. The van der Waals surface area contributed by atoms with E-state index in [1.807, 2.05) is 59.2 Å². The molecule has 0 aromatic carbocycles. The summed E-state index contributed by atoms with van der Waals surface area (Å²) in [5.41, 5.74) is 3.06. The van der Waals surface area contributed by atoms with Gasteiger partial charge in [0, 0.05) is 29.3 Å². The van der Waals surface area contributed by atoms with Gasteiger partial charge in [-0.25, -0.2) is 0 Å². The van der Waals surface area contributed by atoms with E-state index in [2.05, 4.69) is 61.0 Å². The number of rotatable bonds is 25. The van der Waals surface area contributed by atoms with Crippen LogP contribution in [0.2, 0.25) is 0 Å². The molecule has 0 aliphatic rings. The Kier molecular flexibility index (Phi) is 21.2. The van der Waals surface area contributed by atoms with Gasteiger partial charge in [-0.1, -0.05) is 143 Å². The second-order valence-corrected chi connectivity index (χ2v) is 16.8. The maximum atomic E-state index is 2.45. The molecular weight excluding hydrogens is 633 g/mol. The van der Waals surface area contributed by atoms with Gasteiger partial charge in [-0.2, -0.15) is 0 Å². The predicted octanol–water partition coefficient (Wildman–Crippen LogP) is 16.9. The van der Waals surface area contributed by atoms with E-state index in [0.717, 1.165) is 0 Å². The highest BCUT2D eigenvalue weighted by molar-refractivity contribution is 7.28. The van der Waals surface area contributed by atoms with Crippen LogP contribution in [-0.2, 0) is 12.8 Å². The Balaban J connectivity index is 0.00000282. The summed E-state index contributed by atoms with van der Waals surface area (Å²) in [5, 5.41) is 4.80. The van der Waals surface area contributed by atoms with Crippen molar-refractivity contribution in [3.05, 3.63) is 58.3 Å². The molecular formula is C42H64S4. The Morgan fingerprint density at radius 2 is 0.652 bits per heavy atom. The lowest BCUT2D eigenvalue weighted by Crippen LogP contribution is -1.84. The normalized spacial score (nSPS) is 11.2. The fraction of sp³-hybridized carbons (Fsp3) is 0.619. The third kappa shape index (κ3) is 14.9. The van der Waals surface area contributed by atoms with E-state index in [-0.39, 0.29) is 0 Å². The van der Waals surface area contributed by atoms with Crippen molar-refractivity contribution in [2.24, 2.45) is 0 Å². The summed E-state index contributed by atoms with van der Waals surface area (Å²) < 4.78 is 0. The van der Waals surface area contributed by atoms with Gasteiger partial charge in [-0.15, -0.1) is 45.3 Å². The largest absolute Gasteiger partial charge is 0.143 e. The van der Waals surface area contributed by atoms with Crippen LogP contribution in [0.5, 0.6) is 0 Å². The maximum absolute atomic E-state index is 2.45. The summed E-state index contributed by atoms with van der Waals surface area (Å²) in [6, 6.07) is 14.3. The molecule has 0 unspecified atom stereocenters. The first-order valence-corrected chi connectivity index (χ1v) is 22.5. The van der Waals surface area contributed by atoms with Crippen LogP contribution in [0.3, 0.4) is 0 Å². The summed E-state index contributed by atoms with van der Waals surface area (Å²) in [7, 11) is 0. The van der Waals surface area contributed by atoms with Gasteiger partial charge < -0.3 is 0 Å². The van der Waals surface area contributed by atoms with Crippen LogP contribution in [0.25, 0.3) is 29.3 Å². The van der Waals surface area contributed by atoms with E-state index in [4.69, 9.17) is 0 Å². The van der Waals surface area contributed by atoms with E-state index >= 15 is 0 Å². The Hall–Kier alpha value is -1.20. The Morgan fingerprint density at radius 3 is 0.978 bits per heavy atom. The van der Waals surface area contributed by atoms with Gasteiger partial charge >= 0.3 is 0 Å². The van der Waals surface area contributed by atoms with Gasteiger partial charge in [-0.3, -0.25) is 0 Å². The summed E-state index contributed by atoms with van der Waals surface area (Å²) in [6.07, 6.45) is 30.6. The summed E-state index contributed by atoms with van der Waals surface area (Å²) in [5.74, 6) is 0. The van der Waals surface area contributed by atoms with E-state index in [0.29, 0.717) is 0 Å². The highest BCUT2D eigenvalue weighted by Gasteiger charge is 2.12. The predicted molar refractivity (Wildman–Crippen MR) is 217 cm³/mol. The van der Waals surface area contributed by atoms with Gasteiger partial charge in [-0.05, 0) is 84.0 Å². The molecule has 46 heavy (non-hydrogen) atoms. The Morgan fingerprint density at radius 1 is 0.370 bits per heavy atom. The molecule has 4 heteroatoms. The average molecular weight is 697 g/mol. The molecule has 0 radical (unpaired) electrons. The quantitative estimate of drug-likeness (QED) is 0.0605. The molecule has 0 N–H and O–H groups in total. The highest BCUT2D eigenvalue weighted by Crippen LogP contribution is 2.43. The van der Waals surface area contributed by atoms with Crippen molar-refractivity contribution in [1.82, 2.24) is 0 Å². The van der Waals surface area contributed by atoms with Gasteiger partial charge in [0.15, 0.2) is 0 Å². The SMILES string of the molecule is CC.CCCCCCCCCCCCc1csc(-c2ccc(-c3ccc(-c4cc(CCCCCCCCCCCC)cs4)s3)s2)c1. The molecule has 0 atom stereocenters. The number of hydrogen-bond donors (Lipinski definition) is 0. The zero-order valence-electron chi connectivity index (χ0n) is 29.8. The van der Waals surface area contributed by atoms with Crippen LogP contribution >= 0.6 is 45.3 Å². The van der Waals surface area contributed by atoms with E-state index in [1.54, 1.807) is 0 Å². The van der Waals surface area contributed by atoms with Crippen molar-refractivity contribution >= 4 is 45.3 Å². The van der Waals surface area contributed by atoms with Crippen molar-refractivity contribution in [1.29, 1.82) is 0 Å². The van der Waals surface area contributed by atoms with E-state index in [9.17, 15) is 0 Å². The number of aryl methyl sites for hydroxylation is 2. The Labute approximate surface area is 300 Å². The minimum absolute atomic E-state index is 1.24. The zero-order valence-corrected chi connectivity index (χ0v) is 33.1.